The first-order valence-corrected chi connectivity index (χ1v) is 8.80. The first kappa shape index (κ1) is 17.0. The van der Waals surface area contributed by atoms with Crippen molar-refractivity contribution >= 4 is 5.82 Å². The molecule has 1 aromatic carbocycles. The third kappa shape index (κ3) is 3.47. The molecule has 5 nitrogen and oxygen atoms in total. The molecule has 24 heavy (non-hydrogen) atoms. The van der Waals surface area contributed by atoms with Crippen molar-refractivity contribution in [1.82, 2.24) is 14.7 Å². The van der Waals surface area contributed by atoms with Crippen molar-refractivity contribution in [3.05, 3.63) is 47.2 Å². The number of likely N-dealkylation sites (tertiary alicyclic amines) is 1. The lowest BCUT2D eigenvalue weighted by atomic mass is 10.1. The maximum absolute atomic E-state index is 9.25. The first-order valence-electron chi connectivity index (χ1n) is 8.80. The first-order chi connectivity index (χ1) is 11.6. The van der Waals surface area contributed by atoms with Crippen LogP contribution in [0.15, 0.2) is 30.3 Å². The van der Waals surface area contributed by atoms with Gasteiger partial charge in [0.05, 0.1) is 18.8 Å². The lowest BCUT2D eigenvalue weighted by molar-refractivity contribution is 0.260. The van der Waals surface area contributed by atoms with E-state index in [9.17, 15) is 5.11 Å². The fraction of sp³-hybridized carbons (Fsp3) is 0.526. The summed E-state index contributed by atoms with van der Waals surface area (Å²) in [5.74, 6) is 1.06. The Balaban J connectivity index is 1.67. The molecule has 3 rings (SSSR count). The van der Waals surface area contributed by atoms with Gasteiger partial charge in [0.1, 0.15) is 5.82 Å². The number of aryl methyl sites for hydroxylation is 1. The molecule has 1 aliphatic heterocycles. The minimum Gasteiger partial charge on any atom is -0.394 e. The summed E-state index contributed by atoms with van der Waals surface area (Å²) in [6.07, 6.45) is 1.12. The average molecular weight is 328 g/mol. The van der Waals surface area contributed by atoms with Crippen molar-refractivity contribution in [2.75, 3.05) is 25.0 Å². The number of nitrogens with one attached hydrogen (secondary N) is 1. The molecule has 0 spiro atoms. The Labute approximate surface area is 144 Å². The molecule has 1 saturated heterocycles. The number of nitrogens with zero attached hydrogens (tertiary/aromatic N) is 3. The Morgan fingerprint density at radius 2 is 2.04 bits per heavy atom. The molecule has 0 radical (unpaired) electrons. The van der Waals surface area contributed by atoms with Gasteiger partial charge in [-0.05, 0) is 32.8 Å². The summed E-state index contributed by atoms with van der Waals surface area (Å²) in [4.78, 5) is 2.53. The monoisotopic (exact) mass is 328 g/mol. The van der Waals surface area contributed by atoms with Gasteiger partial charge in [-0.2, -0.15) is 5.10 Å². The molecule has 2 N–H and O–H groups in total. The fourth-order valence-corrected chi connectivity index (χ4v) is 3.50. The Morgan fingerprint density at radius 1 is 1.29 bits per heavy atom. The highest BCUT2D eigenvalue weighted by Gasteiger charge is 2.28. The maximum atomic E-state index is 9.25. The summed E-state index contributed by atoms with van der Waals surface area (Å²) in [5, 5.41) is 17.4. The summed E-state index contributed by atoms with van der Waals surface area (Å²) in [5.41, 5.74) is 3.58. The molecule has 2 unspecified atom stereocenters. The van der Waals surface area contributed by atoms with E-state index in [1.807, 2.05) is 11.6 Å². The second-order valence-electron chi connectivity index (χ2n) is 6.72. The van der Waals surface area contributed by atoms with E-state index in [4.69, 9.17) is 0 Å². The topological polar surface area (TPSA) is 53.3 Å². The van der Waals surface area contributed by atoms with Gasteiger partial charge < -0.3 is 10.4 Å². The zero-order valence-corrected chi connectivity index (χ0v) is 14.9. The van der Waals surface area contributed by atoms with Crippen LogP contribution in [-0.4, -0.2) is 45.5 Å². The van der Waals surface area contributed by atoms with Crippen LogP contribution in [0.1, 0.15) is 36.2 Å². The molecule has 1 fully saturated rings. The lowest BCUT2D eigenvalue weighted by Gasteiger charge is -2.25. The van der Waals surface area contributed by atoms with Crippen LogP contribution in [0.2, 0.25) is 0 Å². The van der Waals surface area contributed by atoms with Gasteiger partial charge in [-0.3, -0.25) is 4.90 Å². The normalized spacial score (nSPS) is 19.6. The van der Waals surface area contributed by atoms with Gasteiger partial charge in [0.2, 0.25) is 0 Å². The van der Waals surface area contributed by atoms with Crippen LogP contribution < -0.4 is 5.32 Å². The van der Waals surface area contributed by atoms with Crippen LogP contribution >= 0.6 is 0 Å². The third-order valence-electron chi connectivity index (χ3n) is 5.13. The highest BCUT2D eigenvalue weighted by Crippen LogP contribution is 2.27. The van der Waals surface area contributed by atoms with Crippen LogP contribution in [0.4, 0.5) is 5.82 Å². The lowest BCUT2D eigenvalue weighted by Crippen LogP contribution is -2.29. The van der Waals surface area contributed by atoms with Crippen LogP contribution in [0, 0.1) is 13.8 Å². The number of hydrogen-bond acceptors (Lipinski definition) is 4. The third-order valence-corrected chi connectivity index (χ3v) is 5.13. The van der Waals surface area contributed by atoms with Crippen LogP contribution in [0.3, 0.4) is 0 Å². The van der Waals surface area contributed by atoms with Crippen molar-refractivity contribution in [2.45, 2.75) is 45.8 Å². The Morgan fingerprint density at radius 3 is 2.75 bits per heavy atom. The number of benzene rings is 1. The van der Waals surface area contributed by atoms with Gasteiger partial charge in [0, 0.05) is 30.7 Å². The van der Waals surface area contributed by atoms with E-state index in [-0.39, 0.29) is 6.61 Å². The van der Waals surface area contributed by atoms with E-state index in [1.165, 1.54) is 11.1 Å². The SMILES string of the molecule is Cc1nn(CCO)c(NC2CCN(C(C)c3ccccc3)C2)c1C. The van der Waals surface area contributed by atoms with Gasteiger partial charge in [-0.15, -0.1) is 0 Å². The van der Waals surface area contributed by atoms with Gasteiger partial charge in [-0.1, -0.05) is 30.3 Å². The number of aromatic nitrogens is 2. The summed E-state index contributed by atoms with van der Waals surface area (Å²) < 4.78 is 1.90. The highest BCUT2D eigenvalue weighted by molar-refractivity contribution is 5.47. The molecule has 2 heterocycles. The van der Waals surface area contributed by atoms with E-state index in [0.29, 0.717) is 18.6 Å². The Bertz CT molecular complexity index is 668. The molecule has 0 aliphatic carbocycles. The quantitative estimate of drug-likeness (QED) is 0.856. The summed E-state index contributed by atoms with van der Waals surface area (Å²) >= 11 is 0. The second-order valence-corrected chi connectivity index (χ2v) is 6.72. The number of hydrogen-bond donors (Lipinski definition) is 2. The predicted octanol–water partition coefficient (Wildman–Crippen LogP) is 2.74. The van der Waals surface area contributed by atoms with Crippen molar-refractivity contribution in [3.63, 3.8) is 0 Å². The Kier molecular flexibility index (Phi) is 5.21. The summed E-state index contributed by atoms with van der Waals surface area (Å²) in [7, 11) is 0. The Hall–Kier alpha value is -1.85. The van der Waals surface area contributed by atoms with Crippen molar-refractivity contribution in [3.8, 4) is 0 Å². The van der Waals surface area contributed by atoms with Gasteiger partial charge >= 0.3 is 0 Å². The zero-order valence-electron chi connectivity index (χ0n) is 14.9. The van der Waals surface area contributed by atoms with Crippen LogP contribution in [0.25, 0.3) is 0 Å². The van der Waals surface area contributed by atoms with E-state index in [1.54, 1.807) is 0 Å². The standard InChI is InChI=1S/C19H28N4O/c1-14-15(2)21-23(11-12-24)19(14)20-18-9-10-22(13-18)16(3)17-7-5-4-6-8-17/h4-8,16,18,20,24H,9-13H2,1-3H3. The van der Waals surface area contributed by atoms with Crippen LogP contribution in [-0.2, 0) is 6.54 Å². The number of anilines is 1. The number of aliphatic hydroxyl groups excluding tert-OH is 1. The molecule has 0 amide bonds. The fourth-order valence-electron chi connectivity index (χ4n) is 3.50. The van der Waals surface area contributed by atoms with E-state index < -0.39 is 0 Å². The van der Waals surface area contributed by atoms with E-state index in [0.717, 1.165) is 31.0 Å². The molecular formula is C19H28N4O. The molecule has 2 aromatic rings. The molecule has 5 heteroatoms. The molecule has 0 bridgehead atoms. The maximum Gasteiger partial charge on any atom is 0.127 e. The van der Waals surface area contributed by atoms with Gasteiger partial charge in [-0.25, -0.2) is 4.68 Å². The molecule has 2 atom stereocenters. The van der Waals surface area contributed by atoms with Gasteiger partial charge in [0.15, 0.2) is 0 Å². The summed E-state index contributed by atoms with van der Waals surface area (Å²) in [6, 6.07) is 11.5. The molecular weight excluding hydrogens is 300 g/mol. The van der Waals surface area contributed by atoms with Crippen molar-refractivity contribution < 1.29 is 5.11 Å². The highest BCUT2D eigenvalue weighted by atomic mass is 16.3. The van der Waals surface area contributed by atoms with E-state index >= 15 is 0 Å². The molecule has 1 aromatic heterocycles. The average Bonchev–Trinajstić information content (AvgIpc) is 3.16. The summed E-state index contributed by atoms with van der Waals surface area (Å²) in [6.45, 7) is 9.16. The number of aliphatic hydroxyl groups is 1. The van der Waals surface area contributed by atoms with E-state index in [2.05, 4.69) is 59.5 Å². The molecule has 0 saturated carbocycles. The minimum absolute atomic E-state index is 0.108. The largest absolute Gasteiger partial charge is 0.394 e. The predicted molar refractivity (Wildman–Crippen MR) is 97.2 cm³/mol. The minimum atomic E-state index is 0.108. The second kappa shape index (κ2) is 7.36. The molecule has 130 valence electrons. The zero-order chi connectivity index (χ0) is 17.1. The molecule has 1 aliphatic rings. The van der Waals surface area contributed by atoms with Gasteiger partial charge in [0.25, 0.3) is 0 Å². The van der Waals surface area contributed by atoms with Crippen molar-refractivity contribution in [1.29, 1.82) is 0 Å². The van der Waals surface area contributed by atoms with Crippen molar-refractivity contribution in [2.24, 2.45) is 0 Å². The smallest absolute Gasteiger partial charge is 0.127 e. The van der Waals surface area contributed by atoms with Crippen LogP contribution in [0.5, 0.6) is 0 Å². The number of rotatable bonds is 6.